The molecule has 1 fully saturated rings. The molecule has 1 aromatic heterocycles. The first-order chi connectivity index (χ1) is 8.42. The number of fused-ring (bicyclic) bond motifs is 3. The average Bonchev–Trinajstić information content (AvgIpc) is 2.85. The van der Waals surface area contributed by atoms with Crippen molar-refractivity contribution >= 4 is 22.8 Å². The Hall–Kier alpha value is -1.94. The molecular weight excluding hydrogens is 212 g/mol. The third-order valence-electron chi connectivity index (χ3n) is 3.38. The van der Waals surface area contributed by atoms with Gasteiger partial charge < -0.3 is 5.32 Å². The molecule has 1 saturated heterocycles. The van der Waals surface area contributed by atoms with E-state index >= 15 is 0 Å². The first-order valence-electron chi connectivity index (χ1n) is 5.86. The largest absolute Gasteiger partial charge is 0.373 e. The second kappa shape index (κ2) is 3.28. The Morgan fingerprint density at radius 3 is 2.82 bits per heavy atom. The molecule has 0 spiro atoms. The van der Waals surface area contributed by atoms with Crippen LogP contribution in [0.4, 0.5) is 0 Å². The van der Waals surface area contributed by atoms with Gasteiger partial charge in [-0.15, -0.1) is 0 Å². The summed E-state index contributed by atoms with van der Waals surface area (Å²) in [6, 6.07) is 8.40. The van der Waals surface area contributed by atoms with Gasteiger partial charge in [0.05, 0.1) is 34.8 Å². The van der Waals surface area contributed by atoms with E-state index in [1.54, 1.807) is 0 Å². The summed E-state index contributed by atoms with van der Waals surface area (Å²) in [6.45, 7) is 0.821. The molecule has 0 saturated carbocycles. The predicted molar refractivity (Wildman–Crippen MR) is 66.2 cm³/mol. The Morgan fingerprint density at radius 2 is 1.94 bits per heavy atom. The van der Waals surface area contributed by atoms with Crippen LogP contribution in [0.3, 0.4) is 0 Å². The Balaban J connectivity index is 2.16. The number of nitrogens with zero attached hydrogens (tertiary/aromatic N) is 2. The van der Waals surface area contributed by atoms with Crippen LogP contribution in [0, 0.1) is 0 Å². The number of hydrogen-bond donors (Lipinski definition) is 2. The fraction of sp³-hybridized carbons (Fsp3) is 0.231. The second-order valence-corrected chi connectivity index (χ2v) is 4.41. The van der Waals surface area contributed by atoms with E-state index in [2.05, 4.69) is 21.7 Å². The Bertz CT molecular complexity index is 720. The fourth-order valence-corrected chi connectivity index (χ4v) is 2.53. The molecule has 1 aromatic carbocycles. The van der Waals surface area contributed by atoms with E-state index in [1.165, 1.54) is 5.70 Å². The van der Waals surface area contributed by atoms with E-state index in [9.17, 15) is 0 Å². The van der Waals surface area contributed by atoms with Gasteiger partial charge in [-0.2, -0.15) is 0 Å². The fourth-order valence-electron chi connectivity index (χ4n) is 2.53. The highest BCUT2D eigenvalue weighted by Gasteiger charge is 2.23. The van der Waals surface area contributed by atoms with E-state index in [0.717, 1.165) is 34.8 Å². The monoisotopic (exact) mass is 224 g/mol. The van der Waals surface area contributed by atoms with Crippen LogP contribution >= 0.6 is 0 Å². The maximum atomic E-state index is 4.73. The van der Waals surface area contributed by atoms with Crippen LogP contribution in [-0.4, -0.2) is 22.7 Å². The van der Waals surface area contributed by atoms with Crippen LogP contribution in [0.1, 0.15) is 6.42 Å². The van der Waals surface area contributed by atoms with E-state index in [4.69, 9.17) is 4.98 Å². The van der Waals surface area contributed by atoms with Crippen LogP contribution in [0.5, 0.6) is 0 Å². The number of benzene rings is 1. The molecule has 1 aliphatic heterocycles. The lowest BCUT2D eigenvalue weighted by atomic mass is 10.1. The quantitative estimate of drug-likeness (QED) is 0.630. The lowest BCUT2D eigenvalue weighted by Crippen LogP contribution is -2.42. The molecule has 0 bridgehead atoms. The highest BCUT2D eigenvalue weighted by molar-refractivity contribution is 5.74. The summed E-state index contributed by atoms with van der Waals surface area (Å²) in [7, 11) is 0. The molecule has 1 atom stereocenters. The zero-order valence-electron chi connectivity index (χ0n) is 9.27. The minimum Gasteiger partial charge on any atom is -0.373 e. The van der Waals surface area contributed by atoms with E-state index in [-0.39, 0.29) is 0 Å². The number of nitrogens with one attached hydrogen (secondary N) is 2. The van der Waals surface area contributed by atoms with Crippen molar-refractivity contribution in [3.05, 3.63) is 35.0 Å². The molecule has 1 unspecified atom stereocenters. The van der Waals surface area contributed by atoms with Gasteiger partial charge in [-0.05, 0) is 18.6 Å². The molecule has 2 heterocycles. The molecule has 0 radical (unpaired) electrons. The van der Waals surface area contributed by atoms with Crippen molar-refractivity contribution < 1.29 is 0 Å². The minimum atomic E-state index is 0.387. The van der Waals surface area contributed by atoms with Crippen LogP contribution in [0.2, 0.25) is 0 Å². The number of hydrogen-bond acceptors (Lipinski definition) is 4. The van der Waals surface area contributed by atoms with Gasteiger partial charge in [0.2, 0.25) is 0 Å². The normalized spacial score (nSPS) is 21.6. The standard InChI is InChI=1S/C13H12N4/c1-2-4-9-8(3-1)16-11-6-5-10-12(13(11)17-9)15-7-14-10/h1-4,6,10,14-15H,5,7H2. The van der Waals surface area contributed by atoms with E-state index in [1.807, 2.05) is 24.3 Å². The predicted octanol–water partition coefficient (Wildman–Crippen LogP) is -0.559. The third kappa shape index (κ3) is 1.27. The summed E-state index contributed by atoms with van der Waals surface area (Å²) in [5.41, 5.74) is 3.12. The average molecular weight is 224 g/mol. The van der Waals surface area contributed by atoms with Crippen molar-refractivity contribution in [2.45, 2.75) is 12.5 Å². The number of rotatable bonds is 0. The maximum absolute atomic E-state index is 4.73. The molecule has 0 amide bonds. The van der Waals surface area contributed by atoms with Crippen molar-refractivity contribution in [2.24, 2.45) is 0 Å². The van der Waals surface area contributed by atoms with Crippen molar-refractivity contribution in [1.29, 1.82) is 0 Å². The van der Waals surface area contributed by atoms with Crippen LogP contribution in [0.25, 0.3) is 22.8 Å². The van der Waals surface area contributed by atoms with E-state index < -0.39 is 0 Å². The lowest BCUT2D eigenvalue weighted by molar-refractivity contribution is 0.688. The smallest absolute Gasteiger partial charge is 0.110 e. The SMILES string of the molecule is C1=c2nc3ccccc3nc2=C2NCNC2C1. The lowest BCUT2D eigenvalue weighted by Gasteiger charge is -2.12. The summed E-state index contributed by atoms with van der Waals surface area (Å²) in [5.74, 6) is 0. The molecule has 4 nitrogen and oxygen atoms in total. The molecule has 2 aliphatic rings. The molecular formula is C13H12N4. The third-order valence-corrected chi connectivity index (χ3v) is 3.38. The zero-order chi connectivity index (χ0) is 11.2. The molecule has 4 heteroatoms. The van der Waals surface area contributed by atoms with Crippen molar-refractivity contribution in [3.8, 4) is 0 Å². The first-order valence-corrected chi connectivity index (χ1v) is 5.86. The van der Waals surface area contributed by atoms with Crippen molar-refractivity contribution in [2.75, 3.05) is 6.67 Å². The summed E-state index contributed by atoms with van der Waals surface area (Å²) in [6.07, 6.45) is 3.16. The van der Waals surface area contributed by atoms with Gasteiger partial charge in [-0.1, -0.05) is 18.2 Å². The summed E-state index contributed by atoms with van der Waals surface area (Å²) >= 11 is 0. The molecule has 84 valence electrons. The Kier molecular flexibility index (Phi) is 1.76. The second-order valence-electron chi connectivity index (χ2n) is 4.41. The molecule has 1 aliphatic carbocycles. The number of aromatic nitrogens is 2. The summed E-state index contributed by atoms with van der Waals surface area (Å²) in [5, 5.41) is 8.77. The van der Waals surface area contributed by atoms with Gasteiger partial charge in [0.1, 0.15) is 5.35 Å². The molecule has 17 heavy (non-hydrogen) atoms. The van der Waals surface area contributed by atoms with Gasteiger partial charge >= 0.3 is 0 Å². The van der Waals surface area contributed by atoms with Gasteiger partial charge in [0.25, 0.3) is 0 Å². The van der Waals surface area contributed by atoms with Crippen LogP contribution in [-0.2, 0) is 0 Å². The Labute approximate surface area is 98.1 Å². The maximum Gasteiger partial charge on any atom is 0.110 e. The van der Waals surface area contributed by atoms with E-state index in [0.29, 0.717) is 6.04 Å². The van der Waals surface area contributed by atoms with Gasteiger partial charge in [0.15, 0.2) is 0 Å². The van der Waals surface area contributed by atoms with Gasteiger partial charge in [0, 0.05) is 0 Å². The highest BCUT2D eigenvalue weighted by Crippen LogP contribution is 2.11. The molecule has 2 aromatic rings. The summed E-state index contributed by atoms with van der Waals surface area (Å²) < 4.78 is 0. The summed E-state index contributed by atoms with van der Waals surface area (Å²) in [4.78, 5) is 9.39. The van der Waals surface area contributed by atoms with Crippen molar-refractivity contribution in [3.63, 3.8) is 0 Å². The number of para-hydroxylation sites is 2. The molecule has 4 rings (SSSR count). The van der Waals surface area contributed by atoms with Gasteiger partial charge in [-0.25, -0.2) is 9.97 Å². The van der Waals surface area contributed by atoms with Crippen molar-refractivity contribution in [1.82, 2.24) is 20.6 Å². The van der Waals surface area contributed by atoms with Crippen LogP contribution in [0.15, 0.2) is 24.3 Å². The molecule has 2 N–H and O–H groups in total. The highest BCUT2D eigenvalue weighted by atomic mass is 15.2. The topological polar surface area (TPSA) is 49.8 Å². The van der Waals surface area contributed by atoms with Gasteiger partial charge in [-0.3, -0.25) is 5.32 Å². The Morgan fingerprint density at radius 1 is 1.12 bits per heavy atom. The first kappa shape index (κ1) is 9.13. The zero-order valence-corrected chi connectivity index (χ0v) is 9.27. The minimum absolute atomic E-state index is 0.387. The van der Waals surface area contributed by atoms with Crippen LogP contribution < -0.4 is 21.3 Å².